The number of benzene rings is 1. The molecule has 15 nitrogen and oxygen atoms in total. The Hall–Kier alpha value is -4.34. The molecule has 2 aliphatic heterocycles. The molecule has 2 aromatic rings. The molecular weight excluding hydrogens is 532 g/mol. The average molecular weight is 565 g/mol. The number of amides is 1. The van der Waals surface area contributed by atoms with Crippen LogP contribution in [0.5, 0.6) is 0 Å². The Kier molecular flexibility index (Phi) is 12.7. The second-order valence-corrected chi connectivity index (χ2v) is 8.92. The molecule has 0 bridgehead atoms. The minimum Gasteiger partial charge on any atom is -0.473 e. The van der Waals surface area contributed by atoms with Crippen LogP contribution in [-0.2, 0) is 28.7 Å². The number of ether oxygens (including phenoxy) is 1. The van der Waals surface area contributed by atoms with Gasteiger partial charge in [-0.3, -0.25) is 19.9 Å². The molecule has 2 aliphatic rings. The van der Waals surface area contributed by atoms with Crippen LogP contribution < -0.4 is 5.32 Å². The Morgan fingerprint density at radius 2 is 1.45 bits per heavy atom. The van der Waals surface area contributed by atoms with Gasteiger partial charge in [0.05, 0.1) is 12.6 Å². The highest BCUT2D eigenvalue weighted by molar-refractivity contribution is 6.27. The highest BCUT2D eigenvalue weighted by Crippen LogP contribution is 2.22. The molecule has 1 amide bonds. The third-order valence-electron chi connectivity index (χ3n) is 5.80. The Morgan fingerprint density at radius 3 is 1.95 bits per heavy atom. The minimum absolute atomic E-state index is 0.0702. The smallest absolute Gasteiger partial charge is 0.414 e. The van der Waals surface area contributed by atoms with E-state index in [1.165, 1.54) is 18.4 Å². The van der Waals surface area contributed by atoms with Crippen molar-refractivity contribution in [3.05, 3.63) is 35.9 Å². The predicted octanol–water partition coefficient (Wildman–Crippen LogP) is 0.696. The van der Waals surface area contributed by atoms with Crippen LogP contribution in [0.1, 0.15) is 18.4 Å². The maximum absolute atomic E-state index is 12.4. The van der Waals surface area contributed by atoms with Gasteiger partial charge in [0.15, 0.2) is 0 Å². The molecule has 5 N–H and O–H groups in total. The van der Waals surface area contributed by atoms with E-state index in [1.54, 1.807) is 6.07 Å². The topological polar surface area (TPSA) is 220 Å². The molecule has 1 aromatic carbocycles. The molecule has 15 heteroatoms. The number of anilines is 1. The van der Waals surface area contributed by atoms with E-state index in [1.807, 2.05) is 31.2 Å². The lowest BCUT2D eigenvalue weighted by molar-refractivity contribution is -0.159. The van der Waals surface area contributed by atoms with Crippen molar-refractivity contribution in [3.8, 4) is 11.3 Å². The van der Waals surface area contributed by atoms with Gasteiger partial charge in [-0.15, -0.1) is 0 Å². The summed E-state index contributed by atoms with van der Waals surface area (Å²) in [7, 11) is 0. The van der Waals surface area contributed by atoms with Gasteiger partial charge < -0.3 is 29.7 Å². The van der Waals surface area contributed by atoms with Gasteiger partial charge in [-0.05, 0) is 19.8 Å². The summed E-state index contributed by atoms with van der Waals surface area (Å²) < 4.78 is 11.0. The van der Waals surface area contributed by atoms with Gasteiger partial charge in [0.25, 0.3) is 0 Å². The van der Waals surface area contributed by atoms with Crippen molar-refractivity contribution in [3.63, 3.8) is 0 Å². The van der Waals surface area contributed by atoms with Crippen molar-refractivity contribution in [2.75, 3.05) is 51.2 Å². The normalized spacial score (nSPS) is 17.0. The molecular formula is C25H32N4O11. The van der Waals surface area contributed by atoms with Gasteiger partial charge in [-0.2, -0.15) is 0 Å². The maximum atomic E-state index is 12.4. The standard InChI is InChI=1S/C21H28N4O3.2C2H2O4/c1-16-4-6-17(7-5-16)19-13-21(28-23-19)22-20(26)15-25-10-8-24(9-11-25)14-18-3-2-12-27-18;2*3-1(4)2(5)6/h4-7,13,18H,2-3,8-12,14-15H2,1H3,(H,22,26);2*(H,3,4)(H,5,6). The lowest BCUT2D eigenvalue weighted by atomic mass is 10.1. The second kappa shape index (κ2) is 15.9. The first-order valence-corrected chi connectivity index (χ1v) is 12.3. The Morgan fingerprint density at radius 1 is 0.900 bits per heavy atom. The summed E-state index contributed by atoms with van der Waals surface area (Å²) in [6, 6.07) is 9.81. The van der Waals surface area contributed by atoms with E-state index >= 15 is 0 Å². The molecule has 3 heterocycles. The number of nitrogens with one attached hydrogen (secondary N) is 1. The van der Waals surface area contributed by atoms with E-state index in [0.29, 0.717) is 18.5 Å². The maximum Gasteiger partial charge on any atom is 0.414 e. The fourth-order valence-corrected chi connectivity index (χ4v) is 3.78. The number of piperazine rings is 1. The summed E-state index contributed by atoms with van der Waals surface area (Å²) in [4.78, 5) is 53.4. The van der Waals surface area contributed by atoms with Crippen LogP contribution in [0, 0.1) is 6.92 Å². The first kappa shape index (κ1) is 31.9. The largest absolute Gasteiger partial charge is 0.473 e. The number of aromatic nitrogens is 1. The highest BCUT2D eigenvalue weighted by atomic mass is 16.5. The molecule has 1 aromatic heterocycles. The number of carbonyl (C=O) groups is 5. The molecule has 4 rings (SSSR count). The van der Waals surface area contributed by atoms with Crippen LogP contribution in [0.2, 0.25) is 0 Å². The Bertz CT molecular complexity index is 1100. The van der Waals surface area contributed by atoms with Crippen LogP contribution in [0.3, 0.4) is 0 Å². The van der Waals surface area contributed by atoms with Gasteiger partial charge in [-0.1, -0.05) is 35.0 Å². The van der Waals surface area contributed by atoms with E-state index in [4.69, 9.17) is 48.9 Å². The molecule has 0 aliphatic carbocycles. The van der Waals surface area contributed by atoms with Gasteiger partial charge in [0, 0.05) is 51.0 Å². The van der Waals surface area contributed by atoms with Crippen LogP contribution in [-0.4, -0.2) is 117 Å². The lowest BCUT2D eigenvalue weighted by Crippen LogP contribution is -2.50. The van der Waals surface area contributed by atoms with Crippen LogP contribution in [0.25, 0.3) is 11.3 Å². The summed E-state index contributed by atoms with van der Waals surface area (Å²) in [6.07, 6.45) is 2.74. The predicted molar refractivity (Wildman–Crippen MR) is 138 cm³/mol. The SMILES string of the molecule is Cc1ccc(-c2cc(NC(=O)CN3CCN(CC4CCCO4)CC3)on2)cc1.O=C(O)C(=O)O.O=C(O)C(=O)O. The quantitative estimate of drug-likeness (QED) is 0.305. The molecule has 0 saturated carbocycles. The number of nitrogens with zero attached hydrogens (tertiary/aromatic N) is 3. The number of aryl methyl sites for hydroxylation is 1. The first-order chi connectivity index (χ1) is 18.9. The summed E-state index contributed by atoms with van der Waals surface area (Å²) in [5.41, 5.74) is 2.88. The van der Waals surface area contributed by atoms with Crippen molar-refractivity contribution < 1.29 is 53.7 Å². The number of hydrogen-bond acceptors (Lipinski definition) is 10. The zero-order chi connectivity index (χ0) is 29.7. The number of hydrogen-bond donors (Lipinski definition) is 5. The molecule has 1 unspecified atom stereocenters. The molecule has 2 fully saturated rings. The van der Waals surface area contributed by atoms with Gasteiger partial charge in [0.2, 0.25) is 11.8 Å². The monoisotopic (exact) mass is 564 g/mol. The van der Waals surface area contributed by atoms with E-state index in [2.05, 4.69) is 20.3 Å². The second-order valence-electron chi connectivity index (χ2n) is 8.92. The van der Waals surface area contributed by atoms with Gasteiger partial charge in [-0.25, -0.2) is 19.2 Å². The fourth-order valence-electron chi connectivity index (χ4n) is 3.78. The summed E-state index contributed by atoms with van der Waals surface area (Å²) in [6.45, 7) is 8.07. The third-order valence-corrected chi connectivity index (χ3v) is 5.80. The molecule has 218 valence electrons. The zero-order valence-corrected chi connectivity index (χ0v) is 21.8. The molecule has 0 spiro atoms. The molecule has 40 heavy (non-hydrogen) atoms. The van der Waals surface area contributed by atoms with Crippen molar-refractivity contribution in [2.24, 2.45) is 0 Å². The van der Waals surface area contributed by atoms with Crippen molar-refractivity contribution >= 4 is 35.7 Å². The van der Waals surface area contributed by atoms with Crippen LogP contribution >= 0.6 is 0 Å². The Balaban J connectivity index is 0.000000393. The van der Waals surface area contributed by atoms with Crippen LogP contribution in [0.15, 0.2) is 34.9 Å². The van der Waals surface area contributed by atoms with Gasteiger partial charge in [0.1, 0.15) is 5.69 Å². The van der Waals surface area contributed by atoms with Crippen LogP contribution in [0.4, 0.5) is 5.88 Å². The number of aliphatic carboxylic acids is 4. The van der Waals surface area contributed by atoms with Crippen molar-refractivity contribution in [1.29, 1.82) is 0 Å². The lowest BCUT2D eigenvalue weighted by Gasteiger charge is -2.35. The minimum atomic E-state index is -1.82. The average Bonchev–Trinajstić information content (AvgIpc) is 3.59. The van der Waals surface area contributed by atoms with E-state index in [0.717, 1.165) is 50.6 Å². The summed E-state index contributed by atoms with van der Waals surface area (Å²) >= 11 is 0. The Labute approximate surface area is 228 Å². The highest BCUT2D eigenvalue weighted by Gasteiger charge is 2.24. The fraction of sp³-hybridized carbons (Fsp3) is 0.440. The molecule has 0 radical (unpaired) electrons. The molecule has 1 atom stereocenters. The van der Waals surface area contributed by atoms with Crippen molar-refractivity contribution in [2.45, 2.75) is 25.9 Å². The summed E-state index contributed by atoms with van der Waals surface area (Å²) in [5.74, 6) is -6.98. The third kappa shape index (κ3) is 11.6. The summed E-state index contributed by atoms with van der Waals surface area (Å²) in [5, 5.41) is 36.4. The zero-order valence-electron chi connectivity index (χ0n) is 21.8. The number of rotatable bonds is 6. The number of carboxylic acids is 4. The van der Waals surface area contributed by atoms with Crippen molar-refractivity contribution in [1.82, 2.24) is 15.0 Å². The molecule has 2 saturated heterocycles. The van der Waals surface area contributed by atoms with E-state index in [9.17, 15) is 4.79 Å². The van der Waals surface area contributed by atoms with E-state index in [-0.39, 0.29) is 5.91 Å². The first-order valence-electron chi connectivity index (χ1n) is 12.3. The number of carboxylic acid groups (broad SMARTS) is 4. The van der Waals surface area contributed by atoms with E-state index < -0.39 is 23.9 Å². The van der Waals surface area contributed by atoms with Gasteiger partial charge >= 0.3 is 23.9 Å². The number of carbonyl (C=O) groups excluding carboxylic acids is 1.